The molecule has 0 aliphatic heterocycles. The van der Waals surface area contributed by atoms with E-state index in [0.29, 0.717) is 12.0 Å². The number of nitrogens with zero attached hydrogens (tertiary/aromatic N) is 3. The van der Waals surface area contributed by atoms with Gasteiger partial charge in [-0.3, -0.25) is 14.2 Å². The number of aliphatic hydroxyl groups is 1. The number of unbranched alkanes of at least 4 members (excludes halogenated alkanes) is 2. The van der Waals surface area contributed by atoms with Crippen LogP contribution in [0.5, 0.6) is 5.75 Å². The number of hydrogen-bond acceptors (Lipinski definition) is 3. The number of aromatic nitrogens is 2. The summed E-state index contributed by atoms with van der Waals surface area (Å²) in [6.07, 6.45) is -1.73. The molecular weight excluding hydrogens is 447 g/mol. The second-order valence-electron chi connectivity index (χ2n) is 10.2. The third-order valence-corrected chi connectivity index (χ3v) is 5.32. The summed E-state index contributed by atoms with van der Waals surface area (Å²) < 4.78 is 49.4. The third kappa shape index (κ3) is 7.22. The van der Waals surface area contributed by atoms with Gasteiger partial charge in [0.05, 0.1) is 16.7 Å². The maximum atomic E-state index is 13.4. The van der Waals surface area contributed by atoms with Crippen molar-refractivity contribution >= 4 is 5.91 Å². The van der Waals surface area contributed by atoms with Gasteiger partial charge in [-0.15, -0.1) is 0 Å². The van der Waals surface area contributed by atoms with Gasteiger partial charge in [0.25, 0.3) is 5.91 Å². The molecule has 0 saturated carbocycles. The van der Waals surface area contributed by atoms with Crippen LogP contribution in [0.1, 0.15) is 82.4 Å². The summed E-state index contributed by atoms with van der Waals surface area (Å²) in [5, 5.41) is 9.96. The average Bonchev–Trinajstić information content (AvgIpc) is 3.01. The first kappa shape index (κ1) is 27.7. The monoisotopic (exact) mass is 483 g/mol. The number of rotatable bonds is 8. The molecule has 0 bridgehead atoms. The maximum absolute atomic E-state index is 13.4. The predicted octanol–water partition coefficient (Wildman–Crippen LogP) is 5.22. The molecule has 9 heteroatoms. The smallest absolute Gasteiger partial charge is 0.416 e. The molecule has 1 aromatic heterocycles. The molecule has 2 rings (SSSR count). The van der Waals surface area contributed by atoms with E-state index in [-0.39, 0.29) is 23.3 Å². The number of carbonyl (C=O) groups is 1. The van der Waals surface area contributed by atoms with Gasteiger partial charge in [-0.2, -0.15) is 18.2 Å². The lowest BCUT2D eigenvalue weighted by atomic mass is 9.92. The van der Waals surface area contributed by atoms with Gasteiger partial charge in [0.1, 0.15) is 12.4 Å². The van der Waals surface area contributed by atoms with E-state index in [2.05, 4.69) is 11.9 Å². The van der Waals surface area contributed by atoms with Crippen LogP contribution in [0.2, 0.25) is 0 Å². The summed E-state index contributed by atoms with van der Waals surface area (Å²) in [4.78, 5) is 17.4. The fourth-order valence-electron chi connectivity index (χ4n) is 3.56. The molecule has 1 aromatic carbocycles. The Hall–Kier alpha value is -2.55. The Labute approximate surface area is 199 Å². The van der Waals surface area contributed by atoms with E-state index >= 15 is 0 Å². The van der Waals surface area contributed by atoms with Gasteiger partial charge >= 0.3 is 6.18 Å². The first-order valence-electron chi connectivity index (χ1n) is 11.5. The molecule has 2 aromatic rings. The molecule has 0 fully saturated rings. The predicted molar refractivity (Wildman–Crippen MR) is 125 cm³/mol. The van der Waals surface area contributed by atoms with Crippen molar-refractivity contribution < 1.29 is 27.8 Å². The highest BCUT2D eigenvalue weighted by molar-refractivity contribution is 5.97. The van der Waals surface area contributed by atoms with Crippen LogP contribution in [0, 0.1) is 0 Å². The van der Waals surface area contributed by atoms with E-state index in [1.807, 2.05) is 37.2 Å². The summed E-state index contributed by atoms with van der Waals surface area (Å²) in [6.45, 7) is 11.6. The van der Waals surface area contributed by atoms with Gasteiger partial charge in [-0.25, -0.2) is 0 Å². The van der Waals surface area contributed by atoms with Crippen LogP contribution in [0.15, 0.2) is 29.3 Å². The van der Waals surface area contributed by atoms with Crippen LogP contribution >= 0.6 is 0 Å². The highest BCUT2D eigenvalue weighted by Gasteiger charge is 2.32. The van der Waals surface area contributed by atoms with Crippen LogP contribution in [0.25, 0.3) is 0 Å². The van der Waals surface area contributed by atoms with Crippen molar-refractivity contribution in [3.05, 3.63) is 46.6 Å². The van der Waals surface area contributed by atoms with Gasteiger partial charge in [-0.1, -0.05) is 40.5 Å². The second kappa shape index (κ2) is 10.4. The van der Waals surface area contributed by atoms with Crippen LogP contribution < -0.4 is 10.2 Å². The van der Waals surface area contributed by atoms with Crippen molar-refractivity contribution in [1.82, 2.24) is 9.36 Å². The van der Waals surface area contributed by atoms with Gasteiger partial charge in [0, 0.05) is 30.8 Å². The number of benzene rings is 1. The van der Waals surface area contributed by atoms with Crippen molar-refractivity contribution in [2.75, 3.05) is 6.61 Å². The minimum absolute atomic E-state index is 0.0617. The van der Waals surface area contributed by atoms with Crippen LogP contribution in [0.4, 0.5) is 13.2 Å². The SMILES string of the molecule is CCCCCn1/c(=N/C(=O)c2cc(C(F)(F)F)ccc2OCC(C)(C)O)cc(C(C)(C)C)n1C. The highest BCUT2D eigenvalue weighted by atomic mass is 19.4. The summed E-state index contributed by atoms with van der Waals surface area (Å²) >= 11 is 0. The quantitative estimate of drug-likeness (QED) is 0.523. The highest BCUT2D eigenvalue weighted by Crippen LogP contribution is 2.33. The van der Waals surface area contributed by atoms with Crippen molar-refractivity contribution in [3.63, 3.8) is 0 Å². The summed E-state index contributed by atoms with van der Waals surface area (Å²) in [5.41, 5.74) is -1.42. The van der Waals surface area contributed by atoms with E-state index < -0.39 is 23.2 Å². The van der Waals surface area contributed by atoms with Crippen LogP contribution in [-0.4, -0.2) is 32.6 Å². The number of carbonyl (C=O) groups excluding carboxylic acids is 1. The molecule has 34 heavy (non-hydrogen) atoms. The van der Waals surface area contributed by atoms with Gasteiger partial charge < -0.3 is 9.84 Å². The summed E-state index contributed by atoms with van der Waals surface area (Å²) in [5.74, 6) is -0.902. The topological polar surface area (TPSA) is 68.8 Å². The Morgan fingerprint density at radius 2 is 1.74 bits per heavy atom. The molecule has 0 atom stereocenters. The molecule has 190 valence electrons. The zero-order valence-electron chi connectivity index (χ0n) is 21.1. The van der Waals surface area contributed by atoms with Crippen molar-refractivity contribution in [2.24, 2.45) is 12.0 Å². The molecular formula is C25H36F3N3O3. The molecule has 0 unspecified atom stereocenters. The van der Waals surface area contributed by atoms with E-state index in [1.54, 1.807) is 6.07 Å². The van der Waals surface area contributed by atoms with Crippen LogP contribution in [-0.2, 0) is 25.2 Å². The summed E-state index contributed by atoms with van der Waals surface area (Å²) in [7, 11) is 1.89. The molecule has 0 spiro atoms. The van der Waals surface area contributed by atoms with E-state index in [4.69, 9.17) is 4.74 Å². The molecule has 1 N–H and O–H groups in total. The largest absolute Gasteiger partial charge is 0.490 e. The van der Waals surface area contributed by atoms with E-state index in [1.165, 1.54) is 13.8 Å². The normalized spacial score (nSPS) is 13.4. The van der Waals surface area contributed by atoms with E-state index in [0.717, 1.165) is 43.2 Å². The van der Waals surface area contributed by atoms with Gasteiger partial charge in [0.2, 0.25) is 0 Å². The zero-order chi connectivity index (χ0) is 25.9. The molecule has 0 aliphatic rings. The fourth-order valence-corrected chi connectivity index (χ4v) is 3.56. The Balaban J connectivity index is 2.62. The zero-order valence-corrected chi connectivity index (χ0v) is 21.1. The van der Waals surface area contributed by atoms with Crippen molar-refractivity contribution in [2.45, 2.75) is 84.5 Å². The first-order valence-corrected chi connectivity index (χ1v) is 11.5. The minimum atomic E-state index is -4.63. The van der Waals surface area contributed by atoms with Gasteiger partial charge in [0.15, 0.2) is 5.49 Å². The Morgan fingerprint density at radius 3 is 2.26 bits per heavy atom. The molecule has 1 heterocycles. The Morgan fingerprint density at radius 1 is 1.09 bits per heavy atom. The number of alkyl halides is 3. The Bertz CT molecular complexity index is 1070. The Kier molecular flexibility index (Phi) is 8.45. The lowest BCUT2D eigenvalue weighted by molar-refractivity contribution is -0.137. The van der Waals surface area contributed by atoms with Gasteiger partial charge in [-0.05, 0) is 38.5 Å². The number of ether oxygens (including phenoxy) is 1. The molecule has 0 aliphatic carbocycles. The fraction of sp³-hybridized carbons (Fsp3) is 0.600. The van der Waals surface area contributed by atoms with E-state index in [9.17, 15) is 23.1 Å². The second-order valence-corrected chi connectivity index (χ2v) is 10.2. The van der Waals surface area contributed by atoms with Crippen molar-refractivity contribution in [3.8, 4) is 5.75 Å². The van der Waals surface area contributed by atoms with Crippen LogP contribution in [0.3, 0.4) is 0 Å². The molecule has 6 nitrogen and oxygen atoms in total. The third-order valence-electron chi connectivity index (χ3n) is 5.32. The minimum Gasteiger partial charge on any atom is -0.490 e. The number of hydrogen-bond donors (Lipinski definition) is 1. The van der Waals surface area contributed by atoms with Crippen molar-refractivity contribution in [1.29, 1.82) is 0 Å². The maximum Gasteiger partial charge on any atom is 0.416 e. The average molecular weight is 484 g/mol. The number of halogens is 3. The number of amides is 1. The lowest BCUT2D eigenvalue weighted by Crippen LogP contribution is -2.28. The molecule has 0 saturated heterocycles. The molecule has 1 amide bonds. The summed E-state index contributed by atoms with van der Waals surface area (Å²) in [6, 6.07) is 4.50. The lowest BCUT2D eigenvalue weighted by Gasteiger charge is -2.20. The standard InChI is InChI=1S/C25H36F3N3O3/c1-8-9-10-13-31-21(15-20(30(31)7)23(2,3)4)29-22(32)18-14-17(25(26,27)28)11-12-19(18)34-16-24(5,6)33/h11-12,14-15,33H,8-10,13,16H2,1-7H3/b29-21+. The molecule has 0 radical (unpaired) electrons. The first-order chi connectivity index (χ1) is 15.5.